The van der Waals surface area contributed by atoms with Crippen LogP contribution in [0, 0.1) is 0 Å². The van der Waals surface area contributed by atoms with Crippen molar-refractivity contribution in [3.8, 4) is 0 Å². The second-order valence-electron chi connectivity index (χ2n) is 5.03. The smallest absolute Gasteiger partial charge is 0.0785 e. The van der Waals surface area contributed by atoms with Crippen LogP contribution >= 0.6 is 48.5 Å². The van der Waals surface area contributed by atoms with E-state index in [1.807, 2.05) is 0 Å². The highest BCUT2D eigenvalue weighted by Gasteiger charge is 2.99. The fraction of sp³-hybridized carbons (Fsp3) is 1.00. The van der Waals surface area contributed by atoms with E-state index in [0.29, 0.717) is 0 Å². The summed E-state index contributed by atoms with van der Waals surface area (Å²) in [4.78, 5) is 0. The molecule has 4 saturated heterocycles. The zero-order valence-corrected chi connectivity index (χ0v) is 12.6. The van der Waals surface area contributed by atoms with Gasteiger partial charge in [-0.3, -0.25) is 0 Å². The standard InChI is InChI=1S/C8H16N3S4/c1-5-6(2)9(5)12-11(13-9)14-10(15-11)7(3)8(10)4/h5-8H,1-4H3/q+3. The van der Waals surface area contributed by atoms with E-state index in [2.05, 4.69) is 76.2 Å². The van der Waals surface area contributed by atoms with Crippen molar-refractivity contribution in [1.29, 1.82) is 0 Å². The minimum atomic E-state index is 0.864. The van der Waals surface area contributed by atoms with Crippen LogP contribution in [0.1, 0.15) is 27.7 Å². The maximum Gasteiger partial charge on any atom is 0.396 e. The molecule has 4 atom stereocenters. The molecule has 4 aliphatic rings. The molecule has 15 heavy (non-hydrogen) atoms. The first-order valence-electron chi connectivity index (χ1n) is 5.47. The van der Waals surface area contributed by atoms with Gasteiger partial charge in [0.1, 0.15) is 2.10 Å². The molecule has 7 heteroatoms. The van der Waals surface area contributed by atoms with Crippen LogP contribution in [0.5, 0.6) is 0 Å². The minimum absolute atomic E-state index is 0.864. The molecule has 4 aliphatic heterocycles. The summed E-state index contributed by atoms with van der Waals surface area (Å²) in [6, 6.07) is 3.46. The van der Waals surface area contributed by atoms with Gasteiger partial charge in [-0.15, -0.1) is 0 Å². The lowest BCUT2D eigenvalue weighted by Crippen LogP contribution is -2.52. The Kier molecular flexibility index (Phi) is 1.71. The van der Waals surface area contributed by atoms with Crippen molar-refractivity contribution in [3.63, 3.8) is 0 Å². The molecule has 0 aromatic rings. The van der Waals surface area contributed by atoms with Crippen molar-refractivity contribution in [2.24, 2.45) is 0 Å². The van der Waals surface area contributed by atoms with Crippen LogP contribution in [0.4, 0.5) is 0 Å². The second kappa shape index (κ2) is 2.50. The summed E-state index contributed by atoms with van der Waals surface area (Å²) in [5.74, 6) is 0. The largest absolute Gasteiger partial charge is 0.396 e. The highest BCUT2D eigenvalue weighted by atomic mass is 32.4. The average Bonchev–Trinajstić information content (AvgIpc) is 2.80. The molecule has 0 aromatic carbocycles. The van der Waals surface area contributed by atoms with E-state index in [4.69, 9.17) is 0 Å². The monoisotopic (exact) mass is 282 g/mol. The SMILES string of the molecule is CC1C(C)[N+]12S[N+]1(S2)S[N+]2(S1)C(C)C2C. The molecule has 0 amide bonds. The van der Waals surface area contributed by atoms with E-state index >= 15 is 0 Å². The van der Waals surface area contributed by atoms with Gasteiger partial charge in [-0.05, 0) is 27.7 Å². The summed E-state index contributed by atoms with van der Waals surface area (Å²) >= 11 is 8.57. The maximum atomic E-state index is 2.38. The van der Waals surface area contributed by atoms with Crippen molar-refractivity contribution in [2.75, 3.05) is 0 Å². The molecule has 4 fully saturated rings. The first-order valence-corrected chi connectivity index (χ1v) is 8.39. The van der Waals surface area contributed by atoms with Crippen molar-refractivity contribution in [2.45, 2.75) is 51.9 Å². The Morgan fingerprint density at radius 3 is 1.07 bits per heavy atom. The van der Waals surface area contributed by atoms with Gasteiger partial charge >= 0.3 is 48.5 Å². The molecule has 0 radical (unpaired) electrons. The van der Waals surface area contributed by atoms with Gasteiger partial charge in [0.2, 0.25) is 0 Å². The molecule has 0 aromatic heterocycles. The highest BCUT2D eigenvalue weighted by Crippen LogP contribution is 2.88. The summed E-state index contributed by atoms with van der Waals surface area (Å²) in [5.41, 5.74) is 0. The van der Waals surface area contributed by atoms with Gasteiger partial charge < -0.3 is 0 Å². The Labute approximate surface area is 109 Å². The van der Waals surface area contributed by atoms with Crippen LogP contribution in [-0.4, -0.2) is 32.9 Å². The topological polar surface area (TPSA) is 0 Å². The second-order valence-corrected chi connectivity index (χ2v) is 12.1. The molecule has 3 spiro atoms. The number of quaternary nitrogens is 3. The number of hydrogen-bond donors (Lipinski definition) is 0. The van der Waals surface area contributed by atoms with E-state index in [1.165, 1.54) is 6.59 Å². The van der Waals surface area contributed by atoms with Crippen molar-refractivity contribution in [1.82, 2.24) is 0 Å². The lowest BCUT2D eigenvalue weighted by atomic mass is 10.4. The Balaban J connectivity index is 1.44. The van der Waals surface area contributed by atoms with Crippen molar-refractivity contribution < 1.29 is 8.69 Å². The molecule has 3 nitrogen and oxygen atoms in total. The third-order valence-corrected chi connectivity index (χ3v) is 12.1. The van der Waals surface area contributed by atoms with Crippen molar-refractivity contribution in [3.05, 3.63) is 0 Å². The fourth-order valence-electron chi connectivity index (χ4n) is 2.53. The number of nitrogens with zero attached hydrogens (tertiary/aromatic N) is 3. The Morgan fingerprint density at radius 2 is 0.867 bits per heavy atom. The quantitative estimate of drug-likeness (QED) is 0.380. The van der Waals surface area contributed by atoms with E-state index in [1.54, 1.807) is 0 Å². The van der Waals surface area contributed by atoms with E-state index in [0.717, 1.165) is 26.3 Å². The Hall–Kier alpha value is 1.28. The first kappa shape index (κ1) is 10.2. The Bertz CT molecular complexity index is 292. The predicted octanol–water partition coefficient (Wildman–Crippen LogP) is 3.30. The lowest BCUT2D eigenvalue weighted by molar-refractivity contribution is -0.704. The lowest BCUT2D eigenvalue weighted by Gasteiger charge is -2.39. The number of rotatable bonds is 0. The molecule has 0 bridgehead atoms. The third-order valence-electron chi connectivity index (χ3n) is 4.40. The summed E-state index contributed by atoms with van der Waals surface area (Å²) in [6.45, 7) is 9.51. The van der Waals surface area contributed by atoms with Crippen LogP contribution < -0.4 is 0 Å². The van der Waals surface area contributed by atoms with Gasteiger partial charge in [0.15, 0.2) is 24.2 Å². The average molecular weight is 283 g/mol. The van der Waals surface area contributed by atoms with Crippen LogP contribution in [0.25, 0.3) is 0 Å². The normalized spacial score (nSPS) is 74.4. The number of hydrogen-bond acceptors (Lipinski definition) is 4. The van der Waals surface area contributed by atoms with Crippen LogP contribution in [0.15, 0.2) is 0 Å². The summed E-state index contributed by atoms with van der Waals surface area (Å²) < 4.78 is 3.63. The van der Waals surface area contributed by atoms with Crippen molar-refractivity contribution >= 4 is 48.5 Å². The van der Waals surface area contributed by atoms with Crippen LogP contribution in [0.3, 0.4) is 0 Å². The van der Waals surface area contributed by atoms with Gasteiger partial charge in [-0.2, -0.15) is 0 Å². The van der Waals surface area contributed by atoms with E-state index < -0.39 is 0 Å². The highest BCUT2D eigenvalue weighted by molar-refractivity contribution is 8.35. The third kappa shape index (κ3) is 0.949. The van der Waals surface area contributed by atoms with Gasteiger partial charge in [-0.1, -0.05) is 6.59 Å². The van der Waals surface area contributed by atoms with Gasteiger partial charge in [0.25, 0.3) is 0 Å². The molecular formula is C8H16N3S4+3. The fourth-order valence-corrected chi connectivity index (χ4v) is 12.4. The minimum Gasteiger partial charge on any atom is -0.0785 e. The summed E-state index contributed by atoms with van der Waals surface area (Å²) in [5, 5.41) is 0. The van der Waals surface area contributed by atoms with Crippen LogP contribution in [0.2, 0.25) is 0 Å². The molecule has 4 heterocycles. The zero-order chi connectivity index (χ0) is 10.6. The van der Waals surface area contributed by atoms with Gasteiger partial charge in [-0.25, -0.2) is 0 Å². The molecule has 4 rings (SSSR count). The first-order chi connectivity index (χ1) is 6.96. The zero-order valence-electron chi connectivity index (χ0n) is 9.28. The molecule has 84 valence electrons. The summed E-state index contributed by atoms with van der Waals surface area (Å²) in [6.07, 6.45) is 0. The maximum absolute atomic E-state index is 2.38. The molecule has 0 saturated carbocycles. The van der Waals surface area contributed by atoms with Gasteiger partial charge in [0.05, 0.1) is 0 Å². The Morgan fingerprint density at radius 1 is 0.600 bits per heavy atom. The predicted molar refractivity (Wildman–Crippen MR) is 69.0 cm³/mol. The molecule has 0 N–H and O–H groups in total. The molecular weight excluding hydrogens is 266 g/mol. The molecule has 4 unspecified atom stereocenters. The van der Waals surface area contributed by atoms with Crippen LogP contribution in [-0.2, 0) is 0 Å². The van der Waals surface area contributed by atoms with E-state index in [9.17, 15) is 0 Å². The van der Waals surface area contributed by atoms with E-state index in [-0.39, 0.29) is 0 Å². The summed E-state index contributed by atoms with van der Waals surface area (Å²) in [7, 11) is 0. The van der Waals surface area contributed by atoms with Gasteiger partial charge in [0, 0.05) is 0 Å². The molecule has 0 aliphatic carbocycles.